The summed E-state index contributed by atoms with van der Waals surface area (Å²) in [5.41, 5.74) is 0. The van der Waals surface area contributed by atoms with E-state index in [1.165, 1.54) is 11.3 Å². The molecule has 1 aliphatic heterocycles. The number of Topliss-reactive ketones (excluding diaryl/α,β-unsaturated/α-hetero) is 1. The van der Waals surface area contributed by atoms with Gasteiger partial charge in [0.15, 0.2) is 5.78 Å². The Hall–Kier alpha value is -1.71. The van der Waals surface area contributed by atoms with Gasteiger partial charge < -0.3 is 20.1 Å². The molecule has 2 rings (SSSR count). The number of hydrogen-bond acceptors (Lipinski definition) is 6. The molecule has 0 aliphatic carbocycles. The molecule has 1 aromatic rings. The molecule has 0 aromatic carbocycles. The van der Waals surface area contributed by atoms with Gasteiger partial charge in [-0.25, -0.2) is 0 Å². The molecule has 1 unspecified atom stereocenters. The molecular weight excluding hydrogens is 309 g/mol. The van der Waals surface area contributed by atoms with Gasteiger partial charge in [-0.15, -0.1) is 11.3 Å². The number of thiophene rings is 1. The zero-order chi connectivity index (χ0) is 16.1. The second-order valence-electron chi connectivity index (χ2n) is 5.05. The fourth-order valence-corrected chi connectivity index (χ4v) is 2.94. The normalized spacial score (nSPS) is 22.2. The third-order valence-corrected chi connectivity index (χ3v) is 4.21. The second kappa shape index (κ2) is 7.53. The molecule has 0 spiro atoms. The van der Waals surface area contributed by atoms with Gasteiger partial charge in [0.05, 0.1) is 18.8 Å². The van der Waals surface area contributed by atoms with Crippen molar-refractivity contribution in [3.8, 4) is 0 Å². The minimum Gasteiger partial charge on any atom is -0.481 e. The molecule has 7 nitrogen and oxygen atoms in total. The first-order chi connectivity index (χ1) is 10.5. The van der Waals surface area contributed by atoms with E-state index in [9.17, 15) is 19.4 Å². The number of rotatable bonds is 5. The number of carbonyl (C=O) groups excluding carboxylic acids is 2. The number of amides is 1. The summed E-state index contributed by atoms with van der Waals surface area (Å²) in [5.74, 6) is -2.56. The largest absolute Gasteiger partial charge is 0.481 e. The van der Waals surface area contributed by atoms with E-state index < -0.39 is 31.6 Å². The number of aliphatic carboxylic acids is 1. The molecule has 9 heteroatoms. The SMILES string of the molecule is O=C(O)CC1OB(O)[C@@H](NC(=O)Cc2cccs2)CCC1=O. The average Bonchev–Trinajstić information content (AvgIpc) is 2.90. The summed E-state index contributed by atoms with van der Waals surface area (Å²) in [4.78, 5) is 35.3. The fourth-order valence-electron chi connectivity index (χ4n) is 2.23. The highest BCUT2D eigenvalue weighted by atomic mass is 32.1. The molecule has 1 amide bonds. The first-order valence-electron chi connectivity index (χ1n) is 6.85. The average molecular weight is 325 g/mol. The van der Waals surface area contributed by atoms with Crippen molar-refractivity contribution in [2.24, 2.45) is 0 Å². The second-order valence-corrected chi connectivity index (χ2v) is 6.08. The van der Waals surface area contributed by atoms with Crippen LogP contribution in [0, 0.1) is 0 Å². The van der Waals surface area contributed by atoms with Gasteiger partial charge in [0.2, 0.25) is 5.91 Å². The smallest absolute Gasteiger partial charge is 0.478 e. The lowest BCUT2D eigenvalue weighted by atomic mass is 9.76. The lowest BCUT2D eigenvalue weighted by Gasteiger charge is -2.19. The lowest BCUT2D eigenvalue weighted by molar-refractivity contribution is -0.142. The van der Waals surface area contributed by atoms with Crippen molar-refractivity contribution in [2.75, 3.05) is 0 Å². The summed E-state index contributed by atoms with van der Waals surface area (Å²) in [5, 5.41) is 23.2. The lowest BCUT2D eigenvalue weighted by Crippen LogP contribution is -2.48. The minimum absolute atomic E-state index is 0.0545. The predicted molar refractivity (Wildman–Crippen MR) is 79.3 cm³/mol. The van der Waals surface area contributed by atoms with Crippen molar-refractivity contribution >= 4 is 36.1 Å². The molecule has 1 aliphatic rings. The fraction of sp³-hybridized carbons (Fsp3) is 0.462. The molecule has 118 valence electrons. The third-order valence-electron chi connectivity index (χ3n) is 3.33. The number of carbonyl (C=O) groups is 3. The molecule has 1 fully saturated rings. The van der Waals surface area contributed by atoms with E-state index in [-0.39, 0.29) is 31.0 Å². The Balaban J connectivity index is 1.92. The maximum absolute atomic E-state index is 11.9. The van der Waals surface area contributed by atoms with E-state index >= 15 is 0 Å². The van der Waals surface area contributed by atoms with Crippen molar-refractivity contribution in [1.29, 1.82) is 0 Å². The molecule has 1 aromatic heterocycles. The van der Waals surface area contributed by atoms with Gasteiger partial charge in [0.1, 0.15) is 6.10 Å². The molecule has 22 heavy (non-hydrogen) atoms. The zero-order valence-corrected chi connectivity index (χ0v) is 12.5. The van der Waals surface area contributed by atoms with Crippen molar-refractivity contribution < 1.29 is 29.2 Å². The van der Waals surface area contributed by atoms with E-state index in [0.29, 0.717) is 0 Å². The van der Waals surface area contributed by atoms with Crippen LogP contribution in [0.3, 0.4) is 0 Å². The zero-order valence-electron chi connectivity index (χ0n) is 11.7. The van der Waals surface area contributed by atoms with Crippen LogP contribution in [0.5, 0.6) is 0 Å². The van der Waals surface area contributed by atoms with Crippen molar-refractivity contribution in [3.63, 3.8) is 0 Å². The van der Waals surface area contributed by atoms with Gasteiger partial charge in [-0.1, -0.05) is 6.07 Å². The van der Waals surface area contributed by atoms with Crippen LogP contribution in [0.15, 0.2) is 17.5 Å². The van der Waals surface area contributed by atoms with E-state index in [2.05, 4.69) is 5.32 Å². The Morgan fingerprint density at radius 2 is 2.27 bits per heavy atom. The van der Waals surface area contributed by atoms with Gasteiger partial charge in [0.25, 0.3) is 0 Å². The number of carboxylic acid groups (broad SMARTS) is 1. The number of ketones is 1. The Labute approximate surface area is 131 Å². The number of carboxylic acids is 1. The van der Waals surface area contributed by atoms with Crippen molar-refractivity contribution in [2.45, 2.75) is 37.7 Å². The van der Waals surface area contributed by atoms with Crippen LogP contribution in [-0.2, 0) is 25.5 Å². The first kappa shape index (κ1) is 16.7. The molecule has 1 saturated heterocycles. The Bertz CT molecular complexity index is 549. The van der Waals surface area contributed by atoms with Gasteiger partial charge in [0, 0.05) is 11.3 Å². The van der Waals surface area contributed by atoms with E-state index in [1.807, 2.05) is 17.5 Å². The van der Waals surface area contributed by atoms with Gasteiger partial charge in [-0.3, -0.25) is 14.4 Å². The van der Waals surface area contributed by atoms with Crippen LogP contribution >= 0.6 is 11.3 Å². The molecule has 0 bridgehead atoms. The maximum Gasteiger partial charge on any atom is 0.478 e. The van der Waals surface area contributed by atoms with Crippen LogP contribution in [0.25, 0.3) is 0 Å². The molecule has 2 heterocycles. The summed E-state index contributed by atoms with van der Waals surface area (Å²) < 4.78 is 5.10. The van der Waals surface area contributed by atoms with Crippen LogP contribution in [-0.4, -0.2) is 47.0 Å². The van der Waals surface area contributed by atoms with Crippen molar-refractivity contribution in [3.05, 3.63) is 22.4 Å². The standard InChI is InChI=1S/C13H16BNO6S/c16-9-3-4-11(14(20)21-10(9)7-13(18)19)15-12(17)6-8-2-1-5-22-8/h1-2,5,10-11,20H,3-4,6-7H2,(H,15,17)(H,18,19)/t10?,11-/m0/s1. The summed E-state index contributed by atoms with van der Waals surface area (Å²) in [7, 11) is -1.40. The summed E-state index contributed by atoms with van der Waals surface area (Å²) in [6.45, 7) is 0. The first-order valence-corrected chi connectivity index (χ1v) is 7.73. The molecule has 0 radical (unpaired) electrons. The quantitative estimate of drug-likeness (QED) is 0.658. The third kappa shape index (κ3) is 4.65. The van der Waals surface area contributed by atoms with Gasteiger partial charge in [-0.2, -0.15) is 0 Å². The number of hydrogen-bond donors (Lipinski definition) is 3. The molecule has 2 atom stereocenters. The van der Waals surface area contributed by atoms with Gasteiger partial charge >= 0.3 is 13.1 Å². The highest BCUT2D eigenvalue weighted by molar-refractivity contribution is 7.10. The molecular formula is C13H16BNO6S. The monoisotopic (exact) mass is 325 g/mol. The van der Waals surface area contributed by atoms with Crippen molar-refractivity contribution in [1.82, 2.24) is 5.32 Å². The van der Waals surface area contributed by atoms with Crippen LogP contribution in [0.4, 0.5) is 0 Å². The molecule has 0 saturated carbocycles. The van der Waals surface area contributed by atoms with E-state index in [1.54, 1.807) is 0 Å². The van der Waals surface area contributed by atoms with Crippen LogP contribution in [0.2, 0.25) is 0 Å². The minimum atomic E-state index is -1.40. The Kier molecular flexibility index (Phi) is 5.70. The summed E-state index contributed by atoms with van der Waals surface area (Å²) in [6.07, 6.45) is -1.21. The number of nitrogens with one attached hydrogen (secondary N) is 1. The van der Waals surface area contributed by atoms with Gasteiger partial charge in [-0.05, 0) is 17.9 Å². The predicted octanol–water partition coefficient (Wildman–Crippen LogP) is 0.0179. The topological polar surface area (TPSA) is 113 Å². The van der Waals surface area contributed by atoms with Crippen LogP contribution in [0.1, 0.15) is 24.1 Å². The molecule has 3 N–H and O–H groups in total. The highest BCUT2D eigenvalue weighted by Gasteiger charge is 2.38. The summed E-state index contributed by atoms with van der Waals surface area (Å²) in [6, 6.07) is 3.67. The van der Waals surface area contributed by atoms with E-state index in [0.717, 1.165) is 4.88 Å². The maximum atomic E-state index is 11.9. The van der Waals surface area contributed by atoms with E-state index in [4.69, 9.17) is 9.76 Å². The summed E-state index contributed by atoms with van der Waals surface area (Å²) >= 11 is 1.45. The van der Waals surface area contributed by atoms with Crippen LogP contribution < -0.4 is 5.32 Å². The Morgan fingerprint density at radius 1 is 1.50 bits per heavy atom. The Morgan fingerprint density at radius 3 is 2.91 bits per heavy atom. The highest BCUT2D eigenvalue weighted by Crippen LogP contribution is 2.16.